The summed E-state index contributed by atoms with van der Waals surface area (Å²) in [5.41, 5.74) is 4.16. The molecule has 0 saturated carbocycles. The van der Waals surface area contributed by atoms with Gasteiger partial charge in [0.05, 0.1) is 0 Å². The number of amides is 1. The van der Waals surface area contributed by atoms with E-state index in [0.29, 0.717) is 18.8 Å². The molecule has 1 rings (SSSR count). The van der Waals surface area contributed by atoms with Crippen molar-refractivity contribution in [1.29, 1.82) is 0 Å². The molecule has 0 aromatic heterocycles. The van der Waals surface area contributed by atoms with E-state index >= 15 is 0 Å². The molecule has 1 N–H and O–H groups in total. The average Bonchev–Trinajstić information content (AvgIpc) is 2.75. The Morgan fingerprint density at radius 1 is 1.42 bits per heavy atom. The molecule has 0 bridgehead atoms. The van der Waals surface area contributed by atoms with Gasteiger partial charge in [-0.05, 0) is 64.0 Å². The van der Waals surface area contributed by atoms with Crippen LogP contribution < -0.4 is 5.48 Å². The first-order chi connectivity index (χ1) is 8.73. The number of nitrogens with zero attached hydrogens (tertiary/aromatic N) is 1. The quantitative estimate of drug-likeness (QED) is 0.781. The van der Waals surface area contributed by atoms with Gasteiger partial charge in [0.1, 0.15) is 5.60 Å². The van der Waals surface area contributed by atoms with Crippen LogP contribution in [0.5, 0.6) is 0 Å². The van der Waals surface area contributed by atoms with Gasteiger partial charge in [-0.2, -0.15) is 0 Å². The van der Waals surface area contributed by atoms with E-state index in [2.05, 4.69) is 0 Å². The lowest BCUT2D eigenvalue weighted by atomic mass is 10.1. The van der Waals surface area contributed by atoms with Crippen LogP contribution in [0.2, 0.25) is 0 Å². The number of hydrogen-bond donors (Lipinski definition) is 1. The molecule has 0 aromatic rings. The second-order valence-electron chi connectivity index (χ2n) is 5.87. The van der Waals surface area contributed by atoms with Gasteiger partial charge in [-0.15, -0.1) is 0 Å². The minimum atomic E-state index is -0.471. The predicted molar refractivity (Wildman–Crippen MR) is 75.4 cm³/mol. The highest BCUT2D eigenvalue weighted by Gasteiger charge is 2.27. The van der Waals surface area contributed by atoms with Crippen LogP contribution in [0.25, 0.3) is 0 Å². The topological polar surface area (TPSA) is 64.6 Å². The second kappa shape index (κ2) is 6.10. The third kappa shape index (κ3) is 4.95. The highest BCUT2D eigenvalue weighted by Crippen LogP contribution is 2.22. The molecule has 5 nitrogen and oxygen atoms in total. The Labute approximate surface area is 114 Å². The molecule has 1 saturated heterocycles. The summed E-state index contributed by atoms with van der Waals surface area (Å²) in [6.07, 6.45) is 2.35. The third-order valence-corrected chi connectivity index (χ3v) is 2.87. The van der Waals surface area contributed by atoms with E-state index in [0.717, 1.165) is 12.0 Å². The van der Waals surface area contributed by atoms with E-state index in [4.69, 9.17) is 4.74 Å². The highest BCUT2D eigenvalue weighted by atomic mass is 16.6. The molecule has 0 aromatic carbocycles. The van der Waals surface area contributed by atoms with Gasteiger partial charge < -0.3 is 20.3 Å². The van der Waals surface area contributed by atoms with Crippen LogP contribution in [0.4, 0.5) is 4.79 Å². The van der Waals surface area contributed by atoms with Gasteiger partial charge in [0, 0.05) is 13.1 Å². The van der Waals surface area contributed by atoms with Crippen molar-refractivity contribution in [2.24, 2.45) is 0 Å². The van der Waals surface area contributed by atoms with Gasteiger partial charge in [0.15, 0.2) is 0 Å². The molecular formula is C14H23N2O3-. The Morgan fingerprint density at radius 3 is 2.58 bits per heavy atom. The maximum absolute atomic E-state index is 11.9. The summed E-state index contributed by atoms with van der Waals surface area (Å²) in [6, 6.07) is 0. The first-order valence-corrected chi connectivity index (χ1v) is 6.46. The van der Waals surface area contributed by atoms with E-state index in [1.807, 2.05) is 33.2 Å². The van der Waals surface area contributed by atoms with E-state index in [-0.39, 0.29) is 6.09 Å². The fraction of sp³-hybridized carbons (Fsp3) is 0.643. The summed E-state index contributed by atoms with van der Waals surface area (Å²) in [5.74, 6) is 0. The molecule has 0 atom stereocenters. The number of rotatable bonds is 2. The highest BCUT2D eigenvalue weighted by molar-refractivity contribution is 5.69. The summed E-state index contributed by atoms with van der Waals surface area (Å²) in [5, 5.41) is 10.5. The Morgan fingerprint density at radius 2 is 2.05 bits per heavy atom. The molecule has 1 aliphatic rings. The SMILES string of the molecule is C/C(=C/C(C)=C1\CCN(C(=O)OC(C)(C)C)C1)N[O-]. The van der Waals surface area contributed by atoms with Crippen LogP contribution in [0, 0.1) is 5.21 Å². The van der Waals surface area contributed by atoms with Crippen molar-refractivity contribution in [3.05, 3.63) is 28.1 Å². The van der Waals surface area contributed by atoms with Crippen molar-refractivity contribution in [2.45, 2.75) is 46.6 Å². The maximum atomic E-state index is 11.9. The van der Waals surface area contributed by atoms with Crippen LogP contribution in [0.1, 0.15) is 41.0 Å². The molecule has 108 valence electrons. The van der Waals surface area contributed by atoms with Crippen LogP contribution in [-0.2, 0) is 4.74 Å². The fourth-order valence-electron chi connectivity index (χ4n) is 1.92. The van der Waals surface area contributed by atoms with Gasteiger partial charge in [0.25, 0.3) is 0 Å². The van der Waals surface area contributed by atoms with E-state index in [1.54, 1.807) is 17.9 Å². The largest absolute Gasteiger partial charge is 0.761 e. The smallest absolute Gasteiger partial charge is 0.410 e. The number of ether oxygens (including phenoxy) is 1. The van der Waals surface area contributed by atoms with Crippen LogP contribution in [-0.4, -0.2) is 29.7 Å². The number of hydroxylamine groups is 1. The van der Waals surface area contributed by atoms with Crippen molar-refractivity contribution < 1.29 is 9.53 Å². The standard InChI is InChI=1S/C14H23N2O3/c1-10(8-11(2)15-18)12-6-7-16(9-12)13(17)19-14(3,4)5/h8,15H,6-7,9H2,1-5H3/q-1/b11-8-,12-10+. The lowest BCUT2D eigenvalue weighted by molar-refractivity contribution is 0.0299. The number of carbonyl (C=O) groups excluding carboxylic acids is 1. The lowest BCUT2D eigenvalue weighted by Gasteiger charge is -2.24. The summed E-state index contributed by atoms with van der Waals surface area (Å²) in [7, 11) is 0. The van der Waals surface area contributed by atoms with Crippen LogP contribution in [0.15, 0.2) is 22.9 Å². The fourth-order valence-corrected chi connectivity index (χ4v) is 1.92. The minimum Gasteiger partial charge on any atom is -0.761 e. The monoisotopic (exact) mass is 267 g/mol. The molecule has 0 aliphatic carbocycles. The van der Waals surface area contributed by atoms with Crippen molar-refractivity contribution in [2.75, 3.05) is 13.1 Å². The molecule has 1 aliphatic heterocycles. The first-order valence-electron chi connectivity index (χ1n) is 6.46. The molecule has 0 unspecified atom stereocenters. The van der Waals surface area contributed by atoms with E-state index < -0.39 is 5.60 Å². The maximum Gasteiger partial charge on any atom is 0.410 e. The number of carbonyl (C=O) groups is 1. The number of likely N-dealkylation sites (tertiary alicyclic amines) is 1. The first kappa shape index (κ1) is 15.6. The normalized spacial score (nSPS) is 19.5. The van der Waals surface area contributed by atoms with Crippen molar-refractivity contribution >= 4 is 6.09 Å². The Kier molecular flexibility index (Phi) is 5.00. The summed E-state index contributed by atoms with van der Waals surface area (Å²) >= 11 is 0. The summed E-state index contributed by atoms with van der Waals surface area (Å²) in [4.78, 5) is 13.6. The molecule has 1 heterocycles. The van der Waals surface area contributed by atoms with E-state index in [9.17, 15) is 10.0 Å². The van der Waals surface area contributed by atoms with Crippen molar-refractivity contribution in [3.63, 3.8) is 0 Å². The van der Waals surface area contributed by atoms with Crippen molar-refractivity contribution in [1.82, 2.24) is 10.4 Å². The Balaban J connectivity index is 2.68. The van der Waals surface area contributed by atoms with Gasteiger partial charge >= 0.3 is 6.09 Å². The summed E-state index contributed by atoms with van der Waals surface area (Å²) < 4.78 is 5.34. The number of hydrogen-bond acceptors (Lipinski definition) is 4. The molecule has 5 heteroatoms. The van der Waals surface area contributed by atoms with Crippen molar-refractivity contribution in [3.8, 4) is 0 Å². The molecule has 1 fully saturated rings. The predicted octanol–water partition coefficient (Wildman–Crippen LogP) is 2.93. The van der Waals surface area contributed by atoms with Crippen LogP contribution >= 0.6 is 0 Å². The molecule has 1 amide bonds. The van der Waals surface area contributed by atoms with Gasteiger partial charge in [0.2, 0.25) is 0 Å². The molecule has 0 spiro atoms. The minimum absolute atomic E-state index is 0.280. The van der Waals surface area contributed by atoms with Gasteiger partial charge in [-0.1, -0.05) is 0 Å². The molecule has 19 heavy (non-hydrogen) atoms. The van der Waals surface area contributed by atoms with Gasteiger partial charge in [-0.25, -0.2) is 4.79 Å². The zero-order valence-corrected chi connectivity index (χ0v) is 12.4. The number of nitrogens with one attached hydrogen (secondary N) is 1. The zero-order valence-electron chi connectivity index (χ0n) is 12.4. The second-order valence-corrected chi connectivity index (χ2v) is 5.87. The molecular weight excluding hydrogens is 244 g/mol. The van der Waals surface area contributed by atoms with Gasteiger partial charge in [-0.3, -0.25) is 0 Å². The zero-order chi connectivity index (χ0) is 14.6. The van der Waals surface area contributed by atoms with Crippen LogP contribution in [0.3, 0.4) is 0 Å². The Bertz CT molecular complexity index is 405. The third-order valence-electron chi connectivity index (χ3n) is 2.87. The van der Waals surface area contributed by atoms with E-state index in [1.165, 1.54) is 5.57 Å². The average molecular weight is 267 g/mol. The lowest BCUT2D eigenvalue weighted by Crippen LogP contribution is -2.34. The summed E-state index contributed by atoms with van der Waals surface area (Å²) in [6.45, 7) is 10.5. The Hall–Kier alpha value is -1.49. The number of allylic oxidation sites excluding steroid dienone is 3. The molecule has 0 radical (unpaired) electrons.